The molecule has 1 aromatic rings. The molecule has 0 aliphatic heterocycles. The van der Waals surface area contributed by atoms with E-state index in [2.05, 4.69) is 32.0 Å². The fourth-order valence-electron chi connectivity index (χ4n) is 1.83. The molecule has 1 rings (SSSR count). The largest absolute Gasteiger partial charge is 0.385 e. The zero-order chi connectivity index (χ0) is 14.8. The molecule has 20 heavy (non-hydrogen) atoms. The summed E-state index contributed by atoms with van der Waals surface area (Å²) in [6.07, 6.45) is 0.915. The summed E-state index contributed by atoms with van der Waals surface area (Å²) in [5, 5.41) is 0. The summed E-state index contributed by atoms with van der Waals surface area (Å²) in [5.41, 5.74) is 9.78. The monoisotopic (exact) mass is 281 g/mol. The summed E-state index contributed by atoms with van der Waals surface area (Å²) in [6.45, 7) is 7.33. The Bertz CT molecular complexity index is 382. The minimum absolute atomic E-state index is 0.0807. The Kier molecular flexibility index (Phi) is 8.46. The van der Waals surface area contributed by atoms with Gasteiger partial charge in [0.05, 0.1) is 25.9 Å². The summed E-state index contributed by atoms with van der Waals surface area (Å²) < 4.78 is 15.9. The molecule has 0 radical (unpaired) electrons. The fourth-order valence-corrected chi connectivity index (χ4v) is 1.83. The average Bonchev–Trinajstić information content (AvgIpc) is 2.44. The predicted octanol–water partition coefficient (Wildman–Crippen LogP) is 2.37. The molecule has 0 saturated heterocycles. The number of nitrogens with two attached hydrogens (primary N) is 1. The van der Waals surface area contributed by atoms with Crippen LogP contribution in [0.25, 0.3) is 0 Å². The van der Waals surface area contributed by atoms with Gasteiger partial charge in [-0.2, -0.15) is 0 Å². The van der Waals surface area contributed by atoms with Crippen molar-refractivity contribution >= 4 is 0 Å². The predicted molar refractivity (Wildman–Crippen MR) is 81.0 cm³/mol. The molecule has 1 unspecified atom stereocenters. The van der Waals surface area contributed by atoms with Gasteiger partial charge in [-0.25, -0.2) is 0 Å². The normalized spacial score (nSPS) is 12.6. The highest BCUT2D eigenvalue weighted by Crippen LogP contribution is 2.15. The molecular weight excluding hydrogens is 254 g/mol. The zero-order valence-corrected chi connectivity index (χ0v) is 12.9. The van der Waals surface area contributed by atoms with E-state index in [0.29, 0.717) is 26.4 Å². The van der Waals surface area contributed by atoms with E-state index in [0.717, 1.165) is 18.6 Å². The van der Waals surface area contributed by atoms with Crippen LogP contribution in [0.15, 0.2) is 18.2 Å². The van der Waals surface area contributed by atoms with Crippen LogP contribution in [0.2, 0.25) is 0 Å². The Labute approximate surface area is 122 Å². The van der Waals surface area contributed by atoms with E-state index in [1.54, 1.807) is 7.11 Å². The number of benzene rings is 1. The van der Waals surface area contributed by atoms with Gasteiger partial charge in [0.15, 0.2) is 0 Å². The number of ether oxygens (including phenoxy) is 3. The van der Waals surface area contributed by atoms with Gasteiger partial charge in [-0.15, -0.1) is 0 Å². The SMILES string of the molecule is COCCCOCCOCC(N)c1ccc(C)c(C)c1. The van der Waals surface area contributed by atoms with Crippen LogP contribution in [0.4, 0.5) is 0 Å². The molecule has 0 aromatic heterocycles. The average molecular weight is 281 g/mol. The van der Waals surface area contributed by atoms with Gasteiger partial charge in [-0.05, 0) is 37.0 Å². The lowest BCUT2D eigenvalue weighted by atomic mass is 10.0. The summed E-state index contributed by atoms with van der Waals surface area (Å²) in [7, 11) is 1.69. The van der Waals surface area contributed by atoms with Crippen LogP contribution in [0.3, 0.4) is 0 Å². The maximum absolute atomic E-state index is 6.11. The van der Waals surface area contributed by atoms with E-state index < -0.39 is 0 Å². The van der Waals surface area contributed by atoms with Crippen molar-refractivity contribution in [2.75, 3.05) is 40.1 Å². The van der Waals surface area contributed by atoms with Gasteiger partial charge in [0.25, 0.3) is 0 Å². The molecule has 0 saturated carbocycles. The van der Waals surface area contributed by atoms with Crippen molar-refractivity contribution in [3.8, 4) is 0 Å². The maximum Gasteiger partial charge on any atom is 0.0701 e. The molecule has 4 heteroatoms. The Balaban J connectivity index is 2.13. The van der Waals surface area contributed by atoms with Gasteiger partial charge in [0, 0.05) is 20.3 Å². The molecule has 114 valence electrons. The van der Waals surface area contributed by atoms with Crippen LogP contribution in [-0.2, 0) is 14.2 Å². The highest BCUT2D eigenvalue weighted by atomic mass is 16.5. The molecule has 0 aliphatic rings. The van der Waals surface area contributed by atoms with Crippen LogP contribution in [0, 0.1) is 13.8 Å². The molecular formula is C16H27NO3. The molecule has 0 heterocycles. The number of aryl methyl sites for hydroxylation is 2. The molecule has 1 aromatic carbocycles. The summed E-state index contributed by atoms with van der Waals surface area (Å²) in [5.74, 6) is 0. The van der Waals surface area contributed by atoms with Crippen LogP contribution in [0.1, 0.15) is 29.2 Å². The Morgan fingerprint density at radius 1 is 1.00 bits per heavy atom. The van der Waals surface area contributed by atoms with Crippen molar-refractivity contribution in [3.63, 3.8) is 0 Å². The third-order valence-electron chi connectivity index (χ3n) is 3.27. The topological polar surface area (TPSA) is 53.7 Å². The van der Waals surface area contributed by atoms with Gasteiger partial charge in [0.2, 0.25) is 0 Å². The standard InChI is InChI=1S/C16H27NO3/c1-13-5-6-15(11-14(13)2)16(17)12-20-10-9-19-8-4-7-18-3/h5-6,11,16H,4,7-10,12,17H2,1-3H3. The number of rotatable bonds is 10. The number of hydrogen-bond donors (Lipinski definition) is 1. The first-order chi connectivity index (χ1) is 9.65. The Hall–Kier alpha value is -0.940. The maximum atomic E-state index is 6.11. The summed E-state index contributed by atoms with van der Waals surface area (Å²) in [4.78, 5) is 0. The third kappa shape index (κ3) is 6.48. The van der Waals surface area contributed by atoms with E-state index in [9.17, 15) is 0 Å². The quantitative estimate of drug-likeness (QED) is 0.669. The van der Waals surface area contributed by atoms with Gasteiger partial charge in [-0.1, -0.05) is 18.2 Å². The number of hydrogen-bond acceptors (Lipinski definition) is 4. The first kappa shape index (κ1) is 17.1. The van der Waals surface area contributed by atoms with Crippen molar-refractivity contribution in [3.05, 3.63) is 34.9 Å². The van der Waals surface area contributed by atoms with Crippen LogP contribution < -0.4 is 5.73 Å². The number of methoxy groups -OCH3 is 1. The molecule has 1 atom stereocenters. The Morgan fingerprint density at radius 2 is 1.75 bits per heavy atom. The molecule has 0 fully saturated rings. The zero-order valence-electron chi connectivity index (χ0n) is 12.9. The van der Waals surface area contributed by atoms with Crippen LogP contribution in [0.5, 0.6) is 0 Å². The Morgan fingerprint density at radius 3 is 2.45 bits per heavy atom. The van der Waals surface area contributed by atoms with Gasteiger partial charge >= 0.3 is 0 Å². The second-order valence-electron chi connectivity index (χ2n) is 4.98. The molecule has 0 spiro atoms. The minimum atomic E-state index is -0.0807. The highest BCUT2D eigenvalue weighted by Gasteiger charge is 2.07. The van der Waals surface area contributed by atoms with Crippen molar-refractivity contribution in [2.45, 2.75) is 26.3 Å². The highest BCUT2D eigenvalue weighted by molar-refractivity contribution is 5.31. The molecule has 4 nitrogen and oxygen atoms in total. The lowest BCUT2D eigenvalue weighted by Crippen LogP contribution is -2.19. The minimum Gasteiger partial charge on any atom is -0.385 e. The van der Waals surface area contributed by atoms with Gasteiger partial charge in [-0.3, -0.25) is 0 Å². The van der Waals surface area contributed by atoms with Crippen molar-refractivity contribution in [1.29, 1.82) is 0 Å². The van der Waals surface area contributed by atoms with Crippen LogP contribution in [-0.4, -0.2) is 40.1 Å². The third-order valence-corrected chi connectivity index (χ3v) is 3.27. The van der Waals surface area contributed by atoms with E-state index in [-0.39, 0.29) is 6.04 Å². The second kappa shape index (κ2) is 9.88. The van der Waals surface area contributed by atoms with Crippen LogP contribution >= 0.6 is 0 Å². The second-order valence-corrected chi connectivity index (χ2v) is 4.98. The van der Waals surface area contributed by atoms with Gasteiger partial charge < -0.3 is 19.9 Å². The van der Waals surface area contributed by atoms with E-state index >= 15 is 0 Å². The molecule has 0 aliphatic carbocycles. The summed E-state index contributed by atoms with van der Waals surface area (Å²) in [6, 6.07) is 6.22. The van der Waals surface area contributed by atoms with E-state index in [4.69, 9.17) is 19.9 Å². The first-order valence-electron chi connectivity index (χ1n) is 7.12. The fraction of sp³-hybridized carbons (Fsp3) is 0.625. The lowest BCUT2D eigenvalue weighted by Gasteiger charge is -2.14. The first-order valence-corrected chi connectivity index (χ1v) is 7.12. The smallest absolute Gasteiger partial charge is 0.0701 e. The van der Waals surface area contributed by atoms with E-state index in [1.165, 1.54) is 11.1 Å². The van der Waals surface area contributed by atoms with Crippen molar-refractivity contribution in [1.82, 2.24) is 0 Å². The summed E-state index contributed by atoms with van der Waals surface area (Å²) >= 11 is 0. The van der Waals surface area contributed by atoms with E-state index in [1.807, 2.05) is 0 Å². The molecule has 2 N–H and O–H groups in total. The molecule has 0 amide bonds. The lowest BCUT2D eigenvalue weighted by molar-refractivity contribution is 0.0355. The molecule has 0 bridgehead atoms. The van der Waals surface area contributed by atoms with Crippen molar-refractivity contribution < 1.29 is 14.2 Å². The van der Waals surface area contributed by atoms with Gasteiger partial charge in [0.1, 0.15) is 0 Å². The van der Waals surface area contributed by atoms with Crippen molar-refractivity contribution in [2.24, 2.45) is 5.73 Å².